The molecule has 0 aliphatic heterocycles. The molecule has 1 saturated carbocycles. The van der Waals surface area contributed by atoms with Crippen LogP contribution in [-0.4, -0.2) is 13.1 Å². The molecule has 0 aromatic rings. The Kier molecular flexibility index (Phi) is 5.09. The van der Waals surface area contributed by atoms with Gasteiger partial charge in [0.15, 0.2) is 0 Å². The Morgan fingerprint density at radius 2 is 2.00 bits per heavy atom. The monoisotopic (exact) mass is 167 g/mol. The quantitative estimate of drug-likeness (QED) is 0.490. The van der Waals surface area contributed by atoms with Crippen molar-refractivity contribution in [3.63, 3.8) is 0 Å². The molecule has 0 amide bonds. The maximum Gasteiger partial charge on any atom is 0.0132 e. The third-order valence-corrected chi connectivity index (χ3v) is 2.74. The van der Waals surface area contributed by atoms with Gasteiger partial charge in [0.1, 0.15) is 0 Å². The fourth-order valence-corrected chi connectivity index (χ4v) is 1.99. The molecule has 0 aromatic heterocycles. The molecule has 0 aromatic carbocycles. The molecule has 0 spiro atoms. The Balaban J connectivity index is 1.94. The molecule has 0 saturated heterocycles. The van der Waals surface area contributed by atoms with Crippen molar-refractivity contribution >= 4 is 0 Å². The minimum atomic E-state index is 0.965. The summed E-state index contributed by atoms with van der Waals surface area (Å²) in [5, 5.41) is 3.36. The van der Waals surface area contributed by atoms with E-state index in [1.165, 1.54) is 45.1 Å². The summed E-state index contributed by atoms with van der Waals surface area (Å²) in [6.45, 7) is 5.82. The van der Waals surface area contributed by atoms with Crippen LogP contribution >= 0.6 is 0 Å². The van der Waals surface area contributed by atoms with Crippen molar-refractivity contribution in [1.29, 1.82) is 0 Å². The van der Waals surface area contributed by atoms with Gasteiger partial charge in [0, 0.05) is 6.54 Å². The zero-order valence-corrected chi connectivity index (χ0v) is 8.02. The van der Waals surface area contributed by atoms with Crippen LogP contribution in [0.5, 0.6) is 0 Å². The molecule has 1 nitrogen and oxygen atoms in total. The van der Waals surface area contributed by atoms with E-state index in [-0.39, 0.29) is 0 Å². The van der Waals surface area contributed by atoms with Crippen LogP contribution in [0.4, 0.5) is 0 Å². The highest BCUT2D eigenvalue weighted by atomic mass is 14.8. The Hall–Kier alpha value is -0.300. The highest BCUT2D eigenvalue weighted by molar-refractivity contribution is 4.71. The molecule has 0 radical (unpaired) electrons. The smallest absolute Gasteiger partial charge is 0.0132 e. The largest absolute Gasteiger partial charge is 0.313 e. The van der Waals surface area contributed by atoms with Crippen molar-refractivity contribution in [2.45, 2.75) is 38.5 Å². The number of nitrogens with one attached hydrogen (secondary N) is 1. The lowest BCUT2D eigenvalue weighted by atomic mass is 9.87. The van der Waals surface area contributed by atoms with Gasteiger partial charge >= 0.3 is 0 Å². The molecule has 70 valence electrons. The predicted molar refractivity (Wildman–Crippen MR) is 54.3 cm³/mol. The first kappa shape index (κ1) is 9.79. The SMILES string of the molecule is C=CCNCCC1CCCCC1. The van der Waals surface area contributed by atoms with Crippen LogP contribution in [0.3, 0.4) is 0 Å². The molecule has 1 aliphatic carbocycles. The van der Waals surface area contributed by atoms with Crippen LogP contribution in [-0.2, 0) is 0 Å². The van der Waals surface area contributed by atoms with Gasteiger partial charge in [-0.05, 0) is 18.9 Å². The van der Waals surface area contributed by atoms with Gasteiger partial charge in [-0.2, -0.15) is 0 Å². The van der Waals surface area contributed by atoms with Crippen molar-refractivity contribution in [3.8, 4) is 0 Å². The highest BCUT2D eigenvalue weighted by Crippen LogP contribution is 2.25. The minimum absolute atomic E-state index is 0.965. The van der Waals surface area contributed by atoms with Crippen LogP contribution in [0.25, 0.3) is 0 Å². The summed E-state index contributed by atoms with van der Waals surface area (Å²) in [7, 11) is 0. The molecule has 0 unspecified atom stereocenters. The molecule has 0 bridgehead atoms. The standard InChI is InChI=1S/C11H21N/c1-2-9-12-10-8-11-6-4-3-5-7-11/h2,11-12H,1,3-10H2. The molecule has 12 heavy (non-hydrogen) atoms. The second-order valence-corrected chi connectivity index (χ2v) is 3.79. The Labute approximate surface area is 76.2 Å². The van der Waals surface area contributed by atoms with E-state index in [2.05, 4.69) is 11.9 Å². The van der Waals surface area contributed by atoms with Crippen molar-refractivity contribution < 1.29 is 0 Å². The minimum Gasteiger partial charge on any atom is -0.313 e. The van der Waals surface area contributed by atoms with Gasteiger partial charge in [0.2, 0.25) is 0 Å². The first-order valence-corrected chi connectivity index (χ1v) is 5.25. The van der Waals surface area contributed by atoms with Gasteiger partial charge in [0.05, 0.1) is 0 Å². The molecule has 1 fully saturated rings. The van der Waals surface area contributed by atoms with Crippen molar-refractivity contribution in [1.82, 2.24) is 5.32 Å². The summed E-state index contributed by atoms with van der Waals surface area (Å²) in [6, 6.07) is 0. The van der Waals surface area contributed by atoms with E-state index in [1.54, 1.807) is 0 Å². The Morgan fingerprint density at radius 3 is 2.67 bits per heavy atom. The van der Waals surface area contributed by atoms with E-state index in [0.717, 1.165) is 12.5 Å². The average Bonchev–Trinajstić information content (AvgIpc) is 2.14. The Bertz CT molecular complexity index is 114. The van der Waals surface area contributed by atoms with Crippen molar-refractivity contribution in [2.24, 2.45) is 5.92 Å². The lowest BCUT2D eigenvalue weighted by Gasteiger charge is -2.21. The van der Waals surface area contributed by atoms with E-state index in [9.17, 15) is 0 Å². The van der Waals surface area contributed by atoms with Crippen LogP contribution < -0.4 is 5.32 Å². The third-order valence-electron chi connectivity index (χ3n) is 2.74. The molecular weight excluding hydrogens is 146 g/mol. The topological polar surface area (TPSA) is 12.0 Å². The van der Waals surface area contributed by atoms with Crippen molar-refractivity contribution in [2.75, 3.05) is 13.1 Å². The molecule has 0 heterocycles. The maximum atomic E-state index is 3.68. The summed E-state index contributed by atoms with van der Waals surface area (Å²) in [4.78, 5) is 0. The fourth-order valence-electron chi connectivity index (χ4n) is 1.99. The molecule has 0 atom stereocenters. The molecular formula is C11H21N. The van der Waals surface area contributed by atoms with Gasteiger partial charge < -0.3 is 5.32 Å². The van der Waals surface area contributed by atoms with E-state index >= 15 is 0 Å². The zero-order valence-electron chi connectivity index (χ0n) is 8.02. The molecule has 1 aliphatic rings. The van der Waals surface area contributed by atoms with Crippen molar-refractivity contribution in [3.05, 3.63) is 12.7 Å². The lowest BCUT2D eigenvalue weighted by molar-refractivity contribution is 0.335. The second kappa shape index (κ2) is 6.24. The summed E-state index contributed by atoms with van der Waals surface area (Å²) in [5.41, 5.74) is 0. The van der Waals surface area contributed by atoms with Crippen LogP contribution in [0, 0.1) is 5.92 Å². The first-order valence-electron chi connectivity index (χ1n) is 5.25. The van der Waals surface area contributed by atoms with E-state index in [4.69, 9.17) is 0 Å². The maximum absolute atomic E-state index is 3.68. The molecule has 1 N–H and O–H groups in total. The summed E-state index contributed by atoms with van der Waals surface area (Å²) in [6.07, 6.45) is 10.6. The number of rotatable bonds is 5. The highest BCUT2D eigenvalue weighted by Gasteiger charge is 2.11. The first-order chi connectivity index (χ1) is 5.93. The fraction of sp³-hybridized carbons (Fsp3) is 0.818. The van der Waals surface area contributed by atoms with Gasteiger partial charge in [-0.3, -0.25) is 0 Å². The lowest BCUT2D eigenvalue weighted by Crippen LogP contribution is -2.19. The average molecular weight is 167 g/mol. The summed E-state index contributed by atoms with van der Waals surface area (Å²) >= 11 is 0. The molecule has 1 heteroatoms. The van der Waals surface area contributed by atoms with Crippen LogP contribution in [0.2, 0.25) is 0 Å². The Morgan fingerprint density at radius 1 is 1.25 bits per heavy atom. The molecule has 1 rings (SSSR count). The second-order valence-electron chi connectivity index (χ2n) is 3.79. The van der Waals surface area contributed by atoms with E-state index < -0.39 is 0 Å². The van der Waals surface area contributed by atoms with Gasteiger partial charge in [-0.1, -0.05) is 38.2 Å². The van der Waals surface area contributed by atoms with Crippen LogP contribution in [0.1, 0.15) is 38.5 Å². The normalized spacial score (nSPS) is 19.3. The van der Waals surface area contributed by atoms with Gasteiger partial charge in [-0.15, -0.1) is 6.58 Å². The number of hydrogen-bond acceptors (Lipinski definition) is 1. The summed E-state index contributed by atoms with van der Waals surface area (Å²) in [5.74, 6) is 1.01. The van der Waals surface area contributed by atoms with E-state index in [0.29, 0.717) is 0 Å². The van der Waals surface area contributed by atoms with Gasteiger partial charge in [0.25, 0.3) is 0 Å². The third kappa shape index (κ3) is 3.91. The summed E-state index contributed by atoms with van der Waals surface area (Å²) < 4.78 is 0. The van der Waals surface area contributed by atoms with E-state index in [1.807, 2.05) is 6.08 Å². The number of hydrogen-bond donors (Lipinski definition) is 1. The zero-order chi connectivity index (χ0) is 8.65. The van der Waals surface area contributed by atoms with Gasteiger partial charge in [-0.25, -0.2) is 0 Å². The predicted octanol–water partition coefficient (Wildman–Crippen LogP) is 2.73. The van der Waals surface area contributed by atoms with Crippen LogP contribution in [0.15, 0.2) is 12.7 Å².